The normalized spacial score (nSPS) is 12.8. The number of esters is 1. The molecule has 0 aliphatic rings. The summed E-state index contributed by atoms with van der Waals surface area (Å²) in [5.74, 6) is 0.741. The summed E-state index contributed by atoms with van der Waals surface area (Å²) in [6.07, 6.45) is 1.52. The molecule has 0 radical (unpaired) electrons. The molecular weight excluding hydrogens is 220 g/mol. The number of aryl methyl sites for hydroxylation is 1. The maximum atomic E-state index is 11.5. The molecule has 1 aromatic rings. The third kappa shape index (κ3) is 3.52. The highest BCUT2D eigenvalue weighted by atomic mass is 16.5. The van der Waals surface area contributed by atoms with E-state index in [1.54, 1.807) is 4.68 Å². The van der Waals surface area contributed by atoms with E-state index in [1.165, 1.54) is 13.4 Å². The molecule has 0 saturated heterocycles. The molecule has 6 nitrogen and oxygen atoms in total. The Hall–Kier alpha value is -1.43. The molecule has 17 heavy (non-hydrogen) atoms. The van der Waals surface area contributed by atoms with Crippen LogP contribution in [0.2, 0.25) is 0 Å². The van der Waals surface area contributed by atoms with Crippen LogP contribution in [0.4, 0.5) is 0 Å². The van der Waals surface area contributed by atoms with Crippen LogP contribution in [0, 0.1) is 5.92 Å². The first-order chi connectivity index (χ1) is 8.10. The predicted octanol–water partition coefficient (Wildman–Crippen LogP) is 0.585. The van der Waals surface area contributed by atoms with Crippen molar-refractivity contribution in [3.8, 4) is 0 Å². The lowest BCUT2D eigenvalue weighted by Crippen LogP contribution is -2.41. The molecule has 0 aliphatic carbocycles. The van der Waals surface area contributed by atoms with E-state index in [-0.39, 0.29) is 17.9 Å². The minimum absolute atomic E-state index is 0.167. The van der Waals surface area contributed by atoms with Gasteiger partial charge in [0.25, 0.3) is 0 Å². The second-order valence-corrected chi connectivity index (χ2v) is 4.12. The Balaban J connectivity index is 2.61. The average Bonchev–Trinajstić information content (AvgIpc) is 2.75. The van der Waals surface area contributed by atoms with E-state index < -0.39 is 0 Å². The van der Waals surface area contributed by atoms with Crippen molar-refractivity contribution in [1.29, 1.82) is 0 Å². The monoisotopic (exact) mass is 240 g/mol. The van der Waals surface area contributed by atoms with Gasteiger partial charge in [-0.15, -0.1) is 0 Å². The van der Waals surface area contributed by atoms with E-state index in [9.17, 15) is 4.79 Å². The van der Waals surface area contributed by atoms with Gasteiger partial charge >= 0.3 is 5.97 Å². The number of nitrogens with one attached hydrogen (secondary N) is 1. The number of aromatic nitrogens is 3. The van der Waals surface area contributed by atoms with E-state index in [0.717, 1.165) is 12.4 Å². The first kappa shape index (κ1) is 13.6. The van der Waals surface area contributed by atoms with Crippen LogP contribution >= 0.6 is 0 Å². The van der Waals surface area contributed by atoms with E-state index in [1.807, 2.05) is 20.8 Å². The first-order valence-electron chi connectivity index (χ1n) is 5.78. The van der Waals surface area contributed by atoms with Crippen LogP contribution in [0.3, 0.4) is 0 Å². The Bertz CT molecular complexity index is 362. The lowest BCUT2D eigenvalue weighted by molar-refractivity contribution is -0.144. The van der Waals surface area contributed by atoms with Crippen LogP contribution in [0.25, 0.3) is 0 Å². The van der Waals surface area contributed by atoms with Gasteiger partial charge in [-0.2, -0.15) is 5.10 Å². The van der Waals surface area contributed by atoms with Gasteiger partial charge in [0.15, 0.2) is 0 Å². The van der Waals surface area contributed by atoms with Gasteiger partial charge < -0.3 is 4.74 Å². The Morgan fingerprint density at radius 3 is 2.82 bits per heavy atom. The van der Waals surface area contributed by atoms with Crippen LogP contribution in [0.15, 0.2) is 6.33 Å². The zero-order valence-electron chi connectivity index (χ0n) is 10.8. The van der Waals surface area contributed by atoms with Crippen molar-refractivity contribution in [1.82, 2.24) is 20.1 Å². The zero-order valence-corrected chi connectivity index (χ0v) is 10.8. The van der Waals surface area contributed by atoms with Gasteiger partial charge in [-0.25, -0.2) is 9.67 Å². The summed E-state index contributed by atoms with van der Waals surface area (Å²) in [6.45, 7) is 7.21. The van der Waals surface area contributed by atoms with Gasteiger partial charge in [0.05, 0.1) is 13.7 Å². The van der Waals surface area contributed by atoms with E-state index >= 15 is 0 Å². The smallest absolute Gasteiger partial charge is 0.323 e. The fourth-order valence-electron chi connectivity index (χ4n) is 1.61. The van der Waals surface area contributed by atoms with Crippen LogP contribution < -0.4 is 5.32 Å². The number of ether oxygens (including phenoxy) is 1. The summed E-state index contributed by atoms with van der Waals surface area (Å²) in [5.41, 5.74) is 0. The van der Waals surface area contributed by atoms with Gasteiger partial charge in [0.1, 0.15) is 18.2 Å². The quantitative estimate of drug-likeness (QED) is 0.737. The largest absolute Gasteiger partial charge is 0.468 e. The van der Waals surface area contributed by atoms with E-state index in [4.69, 9.17) is 4.74 Å². The summed E-state index contributed by atoms with van der Waals surface area (Å²) in [4.78, 5) is 15.7. The van der Waals surface area contributed by atoms with Crippen molar-refractivity contribution in [3.63, 3.8) is 0 Å². The summed E-state index contributed by atoms with van der Waals surface area (Å²) >= 11 is 0. The second-order valence-electron chi connectivity index (χ2n) is 4.12. The predicted molar refractivity (Wildman–Crippen MR) is 63.2 cm³/mol. The summed E-state index contributed by atoms with van der Waals surface area (Å²) in [6, 6.07) is -0.318. The van der Waals surface area contributed by atoms with Crippen molar-refractivity contribution in [2.24, 2.45) is 5.92 Å². The summed E-state index contributed by atoms with van der Waals surface area (Å²) in [7, 11) is 1.40. The fourth-order valence-corrected chi connectivity index (χ4v) is 1.61. The summed E-state index contributed by atoms with van der Waals surface area (Å²) in [5, 5.41) is 7.22. The van der Waals surface area contributed by atoms with Crippen molar-refractivity contribution in [3.05, 3.63) is 12.2 Å². The molecular formula is C11H20N4O2. The SMILES string of the molecule is CCn1ncnc1CNC(C(=O)OC)C(C)C. The van der Waals surface area contributed by atoms with Crippen molar-refractivity contribution >= 4 is 5.97 Å². The van der Waals surface area contributed by atoms with E-state index in [2.05, 4.69) is 15.4 Å². The molecule has 96 valence electrons. The molecule has 1 N–H and O–H groups in total. The average molecular weight is 240 g/mol. The second kappa shape index (κ2) is 6.34. The lowest BCUT2D eigenvalue weighted by Gasteiger charge is -2.19. The third-order valence-corrected chi connectivity index (χ3v) is 2.60. The molecule has 0 saturated carbocycles. The lowest BCUT2D eigenvalue weighted by atomic mass is 10.0. The minimum Gasteiger partial charge on any atom is -0.468 e. The van der Waals surface area contributed by atoms with Gasteiger partial charge in [0, 0.05) is 6.54 Å². The highest BCUT2D eigenvalue weighted by Crippen LogP contribution is 2.05. The minimum atomic E-state index is -0.318. The molecule has 0 amide bonds. The topological polar surface area (TPSA) is 69.0 Å². The highest BCUT2D eigenvalue weighted by molar-refractivity contribution is 5.75. The number of hydrogen-bond acceptors (Lipinski definition) is 5. The Labute approximate surface area is 101 Å². The van der Waals surface area contributed by atoms with Crippen molar-refractivity contribution < 1.29 is 9.53 Å². The molecule has 0 bridgehead atoms. The van der Waals surface area contributed by atoms with Crippen molar-refractivity contribution in [2.45, 2.75) is 39.9 Å². The van der Waals surface area contributed by atoms with Crippen LogP contribution in [-0.4, -0.2) is 33.9 Å². The van der Waals surface area contributed by atoms with E-state index in [0.29, 0.717) is 6.54 Å². The van der Waals surface area contributed by atoms with Crippen LogP contribution in [0.5, 0.6) is 0 Å². The molecule has 0 fully saturated rings. The first-order valence-corrected chi connectivity index (χ1v) is 5.78. The molecule has 0 aliphatic heterocycles. The number of carbonyl (C=O) groups is 1. The Morgan fingerprint density at radius 1 is 1.59 bits per heavy atom. The molecule has 1 aromatic heterocycles. The van der Waals surface area contributed by atoms with Crippen LogP contribution in [0.1, 0.15) is 26.6 Å². The summed E-state index contributed by atoms with van der Waals surface area (Å²) < 4.78 is 6.55. The molecule has 0 spiro atoms. The number of nitrogens with zero attached hydrogens (tertiary/aromatic N) is 3. The molecule has 1 heterocycles. The van der Waals surface area contributed by atoms with Gasteiger partial charge in [-0.3, -0.25) is 10.1 Å². The number of rotatable bonds is 6. The number of hydrogen-bond donors (Lipinski definition) is 1. The molecule has 1 atom stereocenters. The Kier molecular flexibility index (Phi) is 5.09. The number of methoxy groups -OCH3 is 1. The standard InChI is InChI=1S/C11H20N4O2/c1-5-15-9(13-7-14-15)6-12-10(8(2)3)11(16)17-4/h7-8,10,12H,5-6H2,1-4H3. The highest BCUT2D eigenvalue weighted by Gasteiger charge is 2.22. The maximum absolute atomic E-state index is 11.5. The van der Waals surface area contributed by atoms with Crippen LogP contribution in [-0.2, 0) is 22.6 Å². The molecule has 1 unspecified atom stereocenters. The fraction of sp³-hybridized carbons (Fsp3) is 0.727. The van der Waals surface area contributed by atoms with Gasteiger partial charge in [-0.1, -0.05) is 13.8 Å². The molecule has 1 rings (SSSR count). The third-order valence-electron chi connectivity index (χ3n) is 2.60. The maximum Gasteiger partial charge on any atom is 0.323 e. The zero-order chi connectivity index (χ0) is 12.8. The van der Waals surface area contributed by atoms with Gasteiger partial charge in [0.2, 0.25) is 0 Å². The Morgan fingerprint density at radius 2 is 2.29 bits per heavy atom. The molecule has 0 aromatic carbocycles. The molecule has 6 heteroatoms. The van der Waals surface area contributed by atoms with Crippen molar-refractivity contribution in [2.75, 3.05) is 7.11 Å². The number of carbonyl (C=O) groups excluding carboxylic acids is 1. The van der Waals surface area contributed by atoms with Gasteiger partial charge in [-0.05, 0) is 12.8 Å².